The molecule has 0 saturated carbocycles. The zero-order valence-corrected chi connectivity index (χ0v) is 13.4. The third-order valence-electron chi connectivity index (χ3n) is 4.02. The van der Waals surface area contributed by atoms with Gasteiger partial charge in [0.15, 0.2) is 0 Å². The van der Waals surface area contributed by atoms with Crippen LogP contribution in [0.15, 0.2) is 71.5 Å². The minimum Gasteiger partial charge on any atom is -0.426 e. The van der Waals surface area contributed by atoms with Crippen LogP contribution in [0.1, 0.15) is 25.7 Å². The topological polar surface area (TPSA) is 67.9 Å². The Hall–Kier alpha value is -2.95. The molecule has 3 rings (SSSR count). The van der Waals surface area contributed by atoms with E-state index in [0.717, 1.165) is 19.3 Å². The Balaban J connectivity index is 1.95. The largest absolute Gasteiger partial charge is 0.426 e. The molecule has 24 heavy (non-hydrogen) atoms. The summed E-state index contributed by atoms with van der Waals surface area (Å²) in [6, 6.07) is 1.75. The third kappa shape index (κ3) is 3.35. The second-order valence-electron chi connectivity index (χ2n) is 5.58. The number of hydrogen-bond acceptors (Lipinski definition) is 4. The predicted molar refractivity (Wildman–Crippen MR) is 94.8 cm³/mol. The molecule has 1 N–H and O–H groups in total. The summed E-state index contributed by atoms with van der Waals surface area (Å²) < 4.78 is 5.73. The Bertz CT molecular complexity index is 906. The van der Waals surface area contributed by atoms with Gasteiger partial charge in [0.25, 0.3) is 5.56 Å². The first-order valence-electron chi connectivity index (χ1n) is 7.91. The summed E-state index contributed by atoms with van der Waals surface area (Å²) in [5.74, 6) is 0.539. The van der Waals surface area contributed by atoms with Crippen LogP contribution in [0.25, 0.3) is 10.9 Å². The second kappa shape index (κ2) is 7.08. The summed E-state index contributed by atoms with van der Waals surface area (Å²) in [6.45, 7) is 7.66. The normalized spacial score (nSPS) is 15.4. The molecule has 0 fully saturated rings. The van der Waals surface area contributed by atoms with Crippen molar-refractivity contribution < 1.29 is 4.74 Å². The van der Waals surface area contributed by atoms with Crippen LogP contribution in [-0.2, 0) is 0 Å². The number of ether oxygens (including phenoxy) is 1. The number of pyridine rings is 1. The highest BCUT2D eigenvalue weighted by molar-refractivity contribution is 5.76. The lowest BCUT2D eigenvalue weighted by Crippen LogP contribution is -2.11. The summed E-state index contributed by atoms with van der Waals surface area (Å²) in [5.41, 5.74) is 2.65. The molecular weight excluding hydrogens is 302 g/mol. The van der Waals surface area contributed by atoms with Gasteiger partial charge in [-0.3, -0.25) is 14.8 Å². The van der Waals surface area contributed by atoms with Crippen molar-refractivity contribution in [3.8, 4) is 6.01 Å². The molecule has 0 atom stereocenters. The van der Waals surface area contributed by atoms with Gasteiger partial charge < -0.3 is 4.74 Å². The zero-order chi connectivity index (χ0) is 16.9. The van der Waals surface area contributed by atoms with Gasteiger partial charge in [0.1, 0.15) is 5.76 Å². The number of allylic oxidation sites excluding steroid dienone is 5. The van der Waals surface area contributed by atoms with Gasteiger partial charge in [0, 0.05) is 6.20 Å². The van der Waals surface area contributed by atoms with E-state index in [0.29, 0.717) is 16.7 Å². The first-order valence-corrected chi connectivity index (χ1v) is 7.91. The van der Waals surface area contributed by atoms with E-state index in [-0.39, 0.29) is 11.6 Å². The molecule has 0 amide bonds. The van der Waals surface area contributed by atoms with Gasteiger partial charge in [-0.15, -0.1) is 0 Å². The molecule has 0 radical (unpaired) electrons. The van der Waals surface area contributed by atoms with Crippen molar-refractivity contribution in [2.24, 2.45) is 0 Å². The molecule has 122 valence electrons. The van der Waals surface area contributed by atoms with Gasteiger partial charge in [0.2, 0.25) is 0 Å². The smallest absolute Gasteiger partial charge is 0.302 e. The number of aromatic amines is 1. The minimum absolute atomic E-state index is 0.128. The average Bonchev–Trinajstić information content (AvgIpc) is 2.61. The van der Waals surface area contributed by atoms with Gasteiger partial charge in [-0.05, 0) is 55.0 Å². The van der Waals surface area contributed by atoms with Crippen molar-refractivity contribution in [2.45, 2.75) is 25.7 Å². The van der Waals surface area contributed by atoms with Crippen molar-refractivity contribution in [3.05, 3.63) is 77.1 Å². The molecule has 0 unspecified atom stereocenters. The van der Waals surface area contributed by atoms with E-state index < -0.39 is 0 Å². The number of rotatable bonds is 5. The van der Waals surface area contributed by atoms with Crippen LogP contribution in [0.4, 0.5) is 0 Å². The van der Waals surface area contributed by atoms with Crippen LogP contribution in [0.2, 0.25) is 0 Å². The van der Waals surface area contributed by atoms with Crippen LogP contribution >= 0.6 is 0 Å². The Morgan fingerprint density at radius 2 is 2.04 bits per heavy atom. The molecule has 0 aromatic carbocycles. The van der Waals surface area contributed by atoms with Gasteiger partial charge in [0.05, 0.1) is 17.1 Å². The molecule has 1 aliphatic carbocycles. The minimum atomic E-state index is -0.260. The molecule has 0 bridgehead atoms. The van der Waals surface area contributed by atoms with Gasteiger partial charge >= 0.3 is 6.01 Å². The van der Waals surface area contributed by atoms with Crippen LogP contribution < -0.4 is 10.3 Å². The fraction of sp³-hybridized carbons (Fsp3) is 0.211. The summed E-state index contributed by atoms with van der Waals surface area (Å²) in [6.07, 6.45) is 12.9. The highest BCUT2D eigenvalue weighted by Crippen LogP contribution is 2.27. The quantitative estimate of drug-likeness (QED) is 0.671. The van der Waals surface area contributed by atoms with Gasteiger partial charge in [-0.1, -0.05) is 19.2 Å². The number of aromatic nitrogens is 3. The van der Waals surface area contributed by atoms with E-state index in [9.17, 15) is 4.79 Å². The highest BCUT2D eigenvalue weighted by atomic mass is 16.5. The molecular formula is C19H19N3O2. The van der Waals surface area contributed by atoms with Crippen molar-refractivity contribution in [3.63, 3.8) is 0 Å². The lowest BCUT2D eigenvalue weighted by molar-refractivity contribution is 0.407. The molecule has 2 heterocycles. The Morgan fingerprint density at radius 3 is 2.79 bits per heavy atom. The number of hydrogen-bond donors (Lipinski definition) is 1. The molecule has 5 nitrogen and oxygen atoms in total. The lowest BCUT2D eigenvalue weighted by Gasteiger charge is -2.16. The number of nitrogens with one attached hydrogen (secondary N) is 1. The lowest BCUT2D eigenvalue weighted by atomic mass is 9.91. The molecule has 0 aliphatic heterocycles. The van der Waals surface area contributed by atoms with Gasteiger partial charge in [-0.25, -0.2) is 0 Å². The Labute approximate surface area is 140 Å². The third-order valence-corrected chi connectivity index (χ3v) is 4.02. The number of fused-ring (bicyclic) bond motifs is 1. The maximum absolute atomic E-state index is 12.1. The standard InChI is InChI=1S/C19H19N3O2/c1-3-13-7-5-6-8-14(13)11-15(4-2)24-19-21-17-12-20-10-9-16(17)18(23)22-19/h3-4,9-12H,1-2,5-8H2,(H,21,22,23)/b15-11+. The van der Waals surface area contributed by atoms with E-state index >= 15 is 0 Å². The first-order chi connectivity index (χ1) is 11.7. The van der Waals surface area contributed by atoms with E-state index in [2.05, 4.69) is 28.1 Å². The number of nitrogens with zero attached hydrogens (tertiary/aromatic N) is 2. The highest BCUT2D eigenvalue weighted by Gasteiger charge is 2.11. The molecule has 5 heteroatoms. The maximum atomic E-state index is 12.1. The Morgan fingerprint density at radius 1 is 1.25 bits per heavy atom. The summed E-state index contributed by atoms with van der Waals surface area (Å²) >= 11 is 0. The molecule has 0 spiro atoms. The van der Waals surface area contributed by atoms with Crippen LogP contribution in [0.5, 0.6) is 6.01 Å². The Kier molecular flexibility index (Phi) is 4.70. The van der Waals surface area contributed by atoms with Gasteiger partial charge in [-0.2, -0.15) is 4.98 Å². The van der Waals surface area contributed by atoms with E-state index in [1.807, 2.05) is 12.2 Å². The molecule has 1 aliphatic rings. The van der Waals surface area contributed by atoms with Crippen LogP contribution in [0, 0.1) is 0 Å². The SMILES string of the molecule is C=CC1=C(/C=C(\C=C)Oc2nc3cnccc3c(=O)[nH]2)CCCC1. The number of H-pyrrole nitrogens is 1. The molecule has 0 saturated heterocycles. The summed E-state index contributed by atoms with van der Waals surface area (Å²) in [5, 5.41) is 0.477. The fourth-order valence-electron chi connectivity index (χ4n) is 2.78. The second-order valence-corrected chi connectivity index (χ2v) is 5.58. The average molecular weight is 321 g/mol. The molecule has 2 aromatic heterocycles. The van der Waals surface area contributed by atoms with E-state index in [4.69, 9.17) is 4.74 Å². The van der Waals surface area contributed by atoms with E-state index in [1.54, 1.807) is 18.3 Å². The van der Waals surface area contributed by atoms with E-state index in [1.165, 1.54) is 23.8 Å². The van der Waals surface area contributed by atoms with Crippen LogP contribution in [-0.4, -0.2) is 15.0 Å². The predicted octanol–water partition coefficient (Wildman–Crippen LogP) is 3.82. The summed E-state index contributed by atoms with van der Waals surface area (Å²) in [7, 11) is 0. The maximum Gasteiger partial charge on any atom is 0.302 e. The van der Waals surface area contributed by atoms with Crippen LogP contribution in [0.3, 0.4) is 0 Å². The fourth-order valence-corrected chi connectivity index (χ4v) is 2.78. The molecule has 2 aromatic rings. The van der Waals surface area contributed by atoms with Crippen molar-refractivity contribution in [1.29, 1.82) is 0 Å². The van der Waals surface area contributed by atoms with Crippen molar-refractivity contribution in [2.75, 3.05) is 0 Å². The first kappa shape index (κ1) is 15.9. The monoisotopic (exact) mass is 321 g/mol. The van der Waals surface area contributed by atoms with Crippen molar-refractivity contribution >= 4 is 10.9 Å². The summed E-state index contributed by atoms with van der Waals surface area (Å²) in [4.78, 5) is 23.0. The zero-order valence-electron chi connectivity index (χ0n) is 13.4. The van der Waals surface area contributed by atoms with Crippen molar-refractivity contribution in [1.82, 2.24) is 15.0 Å².